The van der Waals surface area contributed by atoms with Crippen molar-refractivity contribution < 1.29 is 8.42 Å². The third-order valence-corrected chi connectivity index (χ3v) is 3.83. The van der Waals surface area contributed by atoms with Crippen molar-refractivity contribution in [3.8, 4) is 0 Å². The largest absolute Gasteiger partial charge is 0.276 e. The zero-order valence-electron chi connectivity index (χ0n) is 10.3. The van der Waals surface area contributed by atoms with Crippen LogP contribution in [0.2, 0.25) is 0 Å². The van der Waals surface area contributed by atoms with E-state index < -0.39 is 10.2 Å². The van der Waals surface area contributed by atoms with E-state index in [0.29, 0.717) is 19.0 Å². The van der Waals surface area contributed by atoms with E-state index in [1.165, 1.54) is 5.56 Å². The monoisotopic (exact) mass is 256 g/mol. The van der Waals surface area contributed by atoms with E-state index in [0.717, 1.165) is 6.42 Å². The summed E-state index contributed by atoms with van der Waals surface area (Å²) in [5.41, 5.74) is 1.23. The number of benzene rings is 1. The fourth-order valence-electron chi connectivity index (χ4n) is 1.60. The van der Waals surface area contributed by atoms with Crippen molar-refractivity contribution in [3.05, 3.63) is 35.9 Å². The van der Waals surface area contributed by atoms with E-state index in [4.69, 9.17) is 0 Å². The fraction of sp³-hybridized carbons (Fsp3) is 0.500. The SMILES string of the molecule is CCNS(=O)(=O)NCCC(C)c1ccccc1. The Kier molecular flexibility index (Phi) is 5.61. The quantitative estimate of drug-likeness (QED) is 0.779. The highest BCUT2D eigenvalue weighted by Gasteiger charge is 2.09. The Morgan fingerprint density at radius 1 is 1.18 bits per heavy atom. The van der Waals surface area contributed by atoms with E-state index in [1.807, 2.05) is 18.2 Å². The lowest BCUT2D eigenvalue weighted by Crippen LogP contribution is -2.37. The highest BCUT2D eigenvalue weighted by Crippen LogP contribution is 2.17. The highest BCUT2D eigenvalue weighted by molar-refractivity contribution is 7.87. The fourth-order valence-corrected chi connectivity index (χ4v) is 2.47. The summed E-state index contributed by atoms with van der Waals surface area (Å²) in [6.07, 6.45) is 0.786. The molecule has 0 bridgehead atoms. The molecule has 0 saturated carbocycles. The molecule has 0 radical (unpaired) electrons. The van der Waals surface area contributed by atoms with E-state index in [2.05, 4.69) is 28.5 Å². The smallest absolute Gasteiger partial charge is 0.203 e. The highest BCUT2D eigenvalue weighted by atomic mass is 32.2. The molecule has 1 aromatic carbocycles. The first-order valence-electron chi connectivity index (χ1n) is 5.84. The van der Waals surface area contributed by atoms with Gasteiger partial charge < -0.3 is 0 Å². The summed E-state index contributed by atoms with van der Waals surface area (Å²) in [5, 5.41) is 0. The lowest BCUT2D eigenvalue weighted by atomic mass is 9.98. The van der Waals surface area contributed by atoms with Gasteiger partial charge in [0.2, 0.25) is 0 Å². The Hall–Kier alpha value is -0.910. The van der Waals surface area contributed by atoms with Crippen molar-refractivity contribution in [1.82, 2.24) is 9.44 Å². The van der Waals surface area contributed by atoms with Gasteiger partial charge in [-0.3, -0.25) is 0 Å². The van der Waals surface area contributed by atoms with Crippen LogP contribution < -0.4 is 9.44 Å². The Balaban J connectivity index is 2.37. The van der Waals surface area contributed by atoms with Crippen molar-refractivity contribution in [2.75, 3.05) is 13.1 Å². The van der Waals surface area contributed by atoms with Gasteiger partial charge in [-0.2, -0.15) is 8.42 Å². The molecule has 0 aliphatic carbocycles. The van der Waals surface area contributed by atoms with Crippen molar-refractivity contribution in [3.63, 3.8) is 0 Å². The number of hydrogen-bond acceptors (Lipinski definition) is 2. The normalized spacial score (nSPS) is 13.5. The van der Waals surface area contributed by atoms with Crippen molar-refractivity contribution in [2.24, 2.45) is 0 Å². The maximum Gasteiger partial charge on any atom is 0.276 e. The lowest BCUT2D eigenvalue weighted by molar-refractivity contribution is 0.560. The molecule has 0 aliphatic heterocycles. The molecule has 0 aliphatic rings. The second-order valence-electron chi connectivity index (χ2n) is 4.00. The molecule has 0 saturated heterocycles. The summed E-state index contributed by atoms with van der Waals surface area (Å²) in [7, 11) is -3.31. The average Bonchev–Trinajstić information content (AvgIpc) is 2.29. The summed E-state index contributed by atoms with van der Waals surface area (Å²) in [6.45, 7) is 4.71. The Morgan fingerprint density at radius 2 is 1.82 bits per heavy atom. The summed E-state index contributed by atoms with van der Waals surface area (Å²) in [5.74, 6) is 0.348. The molecule has 0 spiro atoms. The standard InChI is InChI=1S/C12H20N2O2S/c1-3-13-17(15,16)14-10-9-11(2)12-7-5-4-6-8-12/h4-8,11,13-14H,3,9-10H2,1-2H3. The minimum Gasteiger partial charge on any atom is -0.203 e. The van der Waals surface area contributed by atoms with E-state index in [9.17, 15) is 8.42 Å². The molecule has 0 amide bonds. The molecule has 1 unspecified atom stereocenters. The molecule has 0 fully saturated rings. The first kappa shape index (κ1) is 14.2. The number of rotatable bonds is 7. The molecule has 1 atom stereocenters. The molecule has 96 valence electrons. The Labute approximate surface area is 104 Å². The summed E-state index contributed by atoms with van der Waals surface area (Å²) >= 11 is 0. The van der Waals surface area contributed by atoms with Crippen LogP contribution in [-0.4, -0.2) is 21.5 Å². The molecular weight excluding hydrogens is 236 g/mol. The second kappa shape index (κ2) is 6.74. The van der Waals surface area contributed by atoms with E-state index >= 15 is 0 Å². The molecule has 0 aromatic heterocycles. The van der Waals surface area contributed by atoms with Crippen LogP contribution in [0.15, 0.2) is 30.3 Å². The maximum absolute atomic E-state index is 11.3. The van der Waals surface area contributed by atoms with Gasteiger partial charge in [0, 0.05) is 13.1 Å². The summed E-state index contributed by atoms with van der Waals surface area (Å²) in [6, 6.07) is 10.1. The van der Waals surface area contributed by atoms with Crippen LogP contribution in [0.4, 0.5) is 0 Å². The first-order valence-corrected chi connectivity index (χ1v) is 7.32. The van der Waals surface area contributed by atoms with Gasteiger partial charge >= 0.3 is 0 Å². The number of hydrogen-bond donors (Lipinski definition) is 2. The zero-order valence-corrected chi connectivity index (χ0v) is 11.1. The van der Waals surface area contributed by atoms with E-state index in [1.54, 1.807) is 6.92 Å². The molecule has 1 aromatic rings. The van der Waals surface area contributed by atoms with Crippen LogP contribution in [-0.2, 0) is 10.2 Å². The average molecular weight is 256 g/mol. The zero-order chi connectivity index (χ0) is 12.7. The predicted molar refractivity (Wildman–Crippen MR) is 70.1 cm³/mol. The van der Waals surface area contributed by atoms with Gasteiger partial charge in [0.25, 0.3) is 10.2 Å². The van der Waals surface area contributed by atoms with Crippen LogP contribution in [0.3, 0.4) is 0 Å². The van der Waals surface area contributed by atoms with Crippen LogP contribution in [0.5, 0.6) is 0 Å². The van der Waals surface area contributed by atoms with Crippen molar-refractivity contribution in [1.29, 1.82) is 0 Å². The summed E-state index contributed by atoms with van der Waals surface area (Å²) < 4.78 is 27.6. The van der Waals surface area contributed by atoms with Gasteiger partial charge in [-0.1, -0.05) is 44.2 Å². The predicted octanol–water partition coefficient (Wildman–Crippen LogP) is 1.62. The van der Waals surface area contributed by atoms with Crippen LogP contribution >= 0.6 is 0 Å². The Morgan fingerprint density at radius 3 is 2.41 bits per heavy atom. The topological polar surface area (TPSA) is 58.2 Å². The minimum absolute atomic E-state index is 0.348. The molecule has 2 N–H and O–H groups in total. The third-order valence-electron chi connectivity index (χ3n) is 2.57. The molecule has 4 nitrogen and oxygen atoms in total. The van der Waals surface area contributed by atoms with Crippen LogP contribution in [0.1, 0.15) is 31.7 Å². The van der Waals surface area contributed by atoms with Crippen LogP contribution in [0.25, 0.3) is 0 Å². The Bertz CT molecular complexity index is 417. The maximum atomic E-state index is 11.3. The van der Waals surface area contributed by atoms with Gasteiger partial charge in [-0.05, 0) is 17.9 Å². The molecule has 1 rings (SSSR count). The first-order chi connectivity index (χ1) is 8.05. The van der Waals surface area contributed by atoms with Gasteiger partial charge in [0.05, 0.1) is 0 Å². The summed E-state index contributed by atoms with van der Waals surface area (Å²) in [4.78, 5) is 0. The molecule has 17 heavy (non-hydrogen) atoms. The van der Waals surface area contributed by atoms with E-state index in [-0.39, 0.29) is 0 Å². The lowest BCUT2D eigenvalue weighted by Gasteiger charge is -2.12. The number of nitrogens with one attached hydrogen (secondary N) is 2. The van der Waals surface area contributed by atoms with Crippen LogP contribution in [0, 0.1) is 0 Å². The van der Waals surface area contributed by atoms with Gasteiger partial charge in [-0.25, -0.2) is 9.44 Å². The molecule has 0 heterocycles. The second-order valence-corrected chi connectivity index (χ2v) is 5.58. The van der Waals surface area contributed by atoms with Gasteiger partial charge in [-0.15, -0.1) is 0 Å². The van der Waals surface area contributed by atoms with Gasteiger partial charge in [0.15, 0.2) is 0 Å². The molecule has 5 heteroatoms. The van der Waals surface area contributed by atoms with Gasteiger partial charge in [0.1, 0.15) is 0 Å². The van der Waals surface area contributed by atoms with Crippen molar-refractivity contribution >= 4 is 10.2 Å². The minimum atomic E-state index is -3.31. The van der Waals surface area contributed by atoms with Crippen molar-refractivity contribution in [2.45, 2.75) is 26.2 Å². The third kappa shape index (κ3) is 5.30. The molecular formula is C12H20N2O2S.